The van der Waals surface area contributed by atoms with Crippen LogP contribution in [0.3, 0.4) is 0 Å². The van der Waals surface area contributed by atoms with Crippen LogP contribution in [0.1, 0.15) is 5.56 Å². The Morgan fingerprint density at radius 1 is 0.806 bits per heavy atom. The first-order chi connectivity index (χ1) is 17.0. The van der Waals surface area contributed by atoms with Crippen LogP contribution >= 0.6 is 48.3 Å². The van der Waals surface area contributed by atoms with Crippen molar-refractivity contribution >= 4 is 75.8 Å². The van der Waals surface area contributed by atoms with Crippen LogP contribution in [0, 0.1) is 0 Å². The number of hydrogen-bond acceptors (Lipinski definition) is 1. The fourth-order valence-corrected chi connectivity index (χ4v) is 12.5. The first kappa shape index (κ1) is 26.9. The van der Waals surface area contributed by atoms with E-state index in [0.29, 0.717) is 10.0 Å². The zero-order chi connectivity index (χ0) is 26.0. The molecule has 0 atom stereocenters. The fraction of sp³-hybridized carbons (Fsp3) is 0.0741. The molecule has 0 saturated heterocycles. The fourth-order valence-electron chi connectivity index (χ4n) is 4.29. The van der Waals surface area contributed by atoms with Crippen LogP contribution < -0.4 is 21.2 Å². The van der Waals surface area contributed by atoms with Crippen LogP contribution in [0.15, 0.2) is 108 Å². The average molecular weight is 658 g/mol. The Morgan fingerprint density at radius 3 is 1.61 bits per heavy atom. The van der Waals surface area contributed by atoms with Gasteiger partial charge in [0.1, 0.15) is 0 Å². The van der Waals surface area contributed by atoms with E-state index in [0.717, 1.165) is 15.9 Å². The summed E-state index contributed by atoms with van der Waals surface area (Å²) in [5, 5.41) is 1.65. The third-order valence-corrected chi connectivity index (χ3v) is 16.7. The van der Waals surface area contributed by atoms with E-state index in [4.69, 9.17) is 11.6 Å². The molecule has 0 aliphatic carbocycles. The summed E-state index contributed by atoms with van der Waals surface area (Å²) in [6, 6.07) is 32.5. The van der Waals surface area contributed by atoms with Gasteiger partial charge in [-0.3, -0.25) is 0 Å². The molecule has 0 aromatic heterocycles. The molecule has 0 fully saturated rings. The monoisotopic (exact) mass is 655 g/mol. The minimum atomic E-state index is -5.05. The second kappa shape index (κ2) is 10.3. The first-order valence-electron chi connectivity index (χ1n) is 10.8. The molecule has 4 rings (SSSR count). The van der Waals surface area contributed by atoms with Crippen molar-refractivity contribution in [3.05, 3.63) is 118 Å². The van der Waals surface area contributed by atoms with Crippen LogP contribution in [-0.2, 0) is 11.0 Å². The van der Waals surface area contributed by atoms with Crippen molar-refractivity contribution in [2.24, 2.45) is 0 Å². The van der Waals surface area contributed by atoms with E-state index in [2.05, 4.69) is 31.4 Å². The van der Waals surface area contributed by atoms with Crippen LogP contribution in [0.5, 0.6) is 0 Å². The molecular formula is C27H20Br2ClF3NOP. The summed E-state index contributed by atoms with van der Waals surface area (Å²) in [7, 11) is 0. The molecule has 1 N–H and O–H groups in total. The van der Waals surface area contributed by atoms with Crippen molar-refractivity contribution < 1.29 is 18.0 Å². The van der Waals surface area contributed by atoms with Gasteiger partial charge in [-0.15, -0.1) is 0 Å². The summed E-state index contributed by atoms with van der Waals surface area (Å²) in [6.45, 7) is 0. The van der Waals surface area contributed by atoms with Gasteiger partial charge in [0.25, 0.3) is 0 Å². The molecule has 0 aliphatic heterocycles. The maximum atomic E-state index is 13.2. The number of rotatable bonds is 6. The Balaban J connectivity index is 2.05. The molecule has 0 spiro atoms. The molecular weight excluding hydrogens is 638 g/mol. The Morgan fingerprint density at radius 2 is 1.22 bits per heavy atom. The Labute approximate surface area is 228 Å². The number of nitrogens with one attached hydrogen (secondary N) is 1. The number of alkyl halides is 3. The van der Waals surface area contributed by atoms with Gasteiger partial charge in [-0.05, 0) is 0 Å². The molecule has 0 heterocycles. The number of carbonyl (C=O) groups is 1. The first-order valence-corrected chi connectivity index (χ1v) is 16.4. The Kier molecular flexibility index (Phi) is 7.68. The number of anilines is 1. The van der Waals surface area contributed by atoms with Gasteiger partial charge in [-0.1, -0.05) is 0 Å². The summed E-state index contributed by atoms with van der Waals surface area (Å²) in [6.07, 6.45) is -4.78. The van der Waals surface area contributed by atoms with Crippen molar-refractivity contribution in [2.45, 2.75) is 12.3 Å². The van der Waals surface area contributed by atoms with Gasteiger partial charge in [-0.2, -0.15) is 0 Å². The maximum absolute atomic E-state index is 13.2. The zero-order valence-corrected chi connectivity index (χ0v) is 23.5. The summed E-state index contributed by atoms with van der Waals surface area (Å²) in [4.78, 5) is 11.9. The van der Waals surface area contributed by atoms with Crippen molar-refractivity contribution in [2.75, 3.05) is 5.32 Å². The zero-order valence-electron chi connectivity index (χ0n) is 18.6. The molecule has 4 aromatic rings. The Bertz CT molecular complexity index is 1290. The Hall–Kier alpha value is -2.18. The molecule has 2 nitrogen and oxygen atoms in total. The molecule has 0 radical (unpaired) electrons. The van der Waals surface area contributed by atoms with Gasteiger partial charge in [0.2, 0.25) is 0 Å². The second-order valence-corrected chi connectivity index (χ2v) is 18.4. The van der Waals surface area contributed by atoms with E-state index >= 15 is 0 Å². The molecule has 36 heavy (non-hydrogen) atoms. The average Bonchev–Trinajstić information content (AvgIpc) is 2.88. The molecule has 0 bridgehead atoms. The van der Waals surface area contributed by atoms with E-state index in [1.165, 1.54) is 6.07 Å². The van der Waals surface area contributed by atoms with Gasteiger partial charge in [0, 0.05) is 0 Å². The molecule has 0 unspecified atom stereocenters. The van der Waals surface area contributed by atoms with Crippen molar-refractivity contribution in [1.29, 1.82) is 0 Å². The third-order valence-electron chi connectivity index (χ3n) is 6.00. The summed E-state index contributed by atoms with van der Waals surface area (Å²) in [5.74, 6) is -2.06. The number of amides is 1. The van der Waals surface area contributed by atoms with E-state index in [1.54, 1.807) is 6.07 Å². The third kappa shape index (κ3) is 4.99. The van der Waals surface area contributed by atoms with Gasteiger partial charge in [-0.25, -0.2) is 0 Å². The standard InChI is InChI=1S/C27H20Br2ClF3NOP/c28-23-16-19(25(17-24(23)30)34-26(35)27(31,32)33)18-36(29,20-10-4-1-5-11-20,21-12-6-2-7-13-21)22-14-8-3-9-15-22/h1-17H,18H2,(H,34,35). The van der Waals surface area contributed by atoms with Crippen molar-refractivity contribution in [3.8, 4) is 0 Å². The number of benzene rings is 4. The predicted molar refractivity (Wildman–Crippen MR) is 152 cm³/mol. The van der Waals surface area contributed by atoms with E-state index in [1.807, 2.05) is 96.3 Å². The van der Waals surface area contributed by atoms with Crippen LogP contribution in [-0.4, -0.2) is 12.1 Å². The summed E-state index contributed by atoms with van der Waals surface area (Å²) >= 11 is 14.0. The van der Waals surface area contributed by atoms with Crippen LogP contribution in [0.25, 0.3) is 0 Å². The molecule has 1 amide bonds. The molecule has 4 aromatic carbocycles. The summed E-state index contributed by atoms with van der Waals surface area (Å²) < 4.78 is 40.1. The van der Waals surface area contributed by atoms with Gasteiger partial charge in [0.15, 0.2) is 0 Å². The van der Waals surface area contributed by atoms with Crippen molar-refractivity contribution in [1.82, 2.24) is 0 Å². The van der Waals surface area contributed by atoms with Crippen LogP contribution in [0.2, 0.25) is 5.02 Å². The van der Waals surface area contributed by atoms with E-state index < -0.39 is 17.4 Å². The van der Waals surface area contributed by atoms with Crippen LogP contribution in [0.4, 0.5) is 18.9 Å². The quantitative estimate of drug-likeness (QED) is 0.210. The molecule has 9 heteroatoms. The van der Waals surface area contributed by atoms with E-state index in [9.17, 15) is 18.0 Å². The van der Waals surface area contributed by atoms with E-state index in [-0.39, 0.29) is 16.9 Å². The van der Waals surface area contributed by atoms with Crippen molar-refractivity contribution in [3.63, 3.8) is 0 Å². The molecule has 0 aliphatic rings. The molecule has 0 saturated carbocycles. The molecule has 186 valence electrons. The number of carbonyl (C=O) groups excluding carboxylic acids is 1. The second-order valence-electron chi connectivity index (χ2n) is 8.22. The summed E-state index contributed by atoms with van der Waals surface area (Å²) in [5.41, 5.74) is 0.497. The minimum absolute atomic E-state index is 0.00164. The number of halogens is 6. The number of hydrogen-bond donors (Lipinski definition) is 1. The van der Waals surface area contributed by atoms with Gasteiger partial charge < -0.3 is 0 Å². The van der Waals surface area contributed by atoms with Gasteiger partial charge in [0.05, 0.1) is 0 Å². The van der Waals surface area contributed by atoms with Gasteiger partial charge >= 0.3 is 230 Å². The predicted octanol–water partition coefficient (Wildman–Crippen LogP) is 7.94. The topological polar surface area (TPSA) is 29.1 Å². The SMILES string of the molecule is O=C(Nc1cc(Cl)c(Br)cc1CP(Br)(c1ccccc1)(c1ccccc1)c1ccccc1)C(F)(F)F. The normalized spacial score (nSPS) is 13.0.